The van der Waals surface area contributed by atoms with Gasteiger partial charge in [-0.1, -0.05) is 39.2 Å². The zero-order chi connectivity index (χ0) is 9.72. The Morgan fingerprint density at radius 2 is 1.83 bits per heavy atom. The van der Waals surface area contributed by atoms with Crippen LogP contribution in [0.25, 0.3) is 0 Å². The third-order valence-electron chi connectivity index (χ3n) is 1.62. The molecule has 0 aliphatic rings. The van der Waals surface area contributed by atoms with E-state index >= 15 is 0 Å². The van der Waals surface area contributed by atoms with E-state index in [4.69, 9.17) is 5.73 Å². The molecule has 2 nitrogen and oxygen atoms in total. The molecule has 0 saturated carbocycles. The number of rotatable bonds is 4. The lowest BCUT2D eigenvalue weighted by molar-refractivity contribution is -0.114. The zero-order valence-corrected chi connectivity index (χ0v) is 7.63. The van der Waals surface area contributed by atoms with Crippen molar-refractivity contribution in [1.29, 1.82) is 0 Å². The lowest BCUT2D eigenvalue weighted by atomic mass is 9.97. The number of allylic oxidation sites excluding steroid dienone is 2. The molecule has 0 fully saturated rings. The van der Waals surface area contributed by atoms with Crippen molar-refractivity contribution in [2.75, 3.05) is 0 Å². The van der Waals surface area contributed by atoms with Gasteiger partial charge in [0.05, 0.1) is 0 Å². The third-order valence-corrected chi connectivity index (χ3v) is 1.62. The smallest absolute Gasteiger partial charge is 0.248 e. The van der Waals surface area contributed by atoms with Gasteiger partial charge in [-0.15, -0.1) is 0 Å². The highest BCUT2D eigenvalue weighted by Crippen LogP contribution is 2.16. The molecular formula is C10H15NO. The van der Waals surface area contributed by atoms with Crippen LogP contribution in [0.2, 0.25) is 0 Å². The predicted octanol–water partition coefficient (Wildman–Crippen LogP) is 1.80. The van der Waals surface area contributed by atoms with Crippen molar-refractivity contribution in [2.45, 2.75) is 13.8 Å². The van der Waals surface area contributed by atoms with E-state index in [0.29, 0.717) is 5.57 Å². The number of hydrogen-bond acceptors (Lipinski definition) is 1. The van der Waals surface area contributed by atoms with E-state index < -0.39 is 5.91 Å². The van der Waals surface area contributed by atoms with Crippen LogP contribution < -0.4 is 5.73 Å². The van der Waals surface area contributed by atoms with E-state index in [-0.39, 0.29) is 5.92 Å². The molecule has 0 spiro atoms. The molecule has 12 heavy (non-hydrogen) atoms. The van der Waals surface area contributed by atoms with Crippen LogP contribution in [0.15, 0.2) is 36.5 Å². The van der Waals surface area contributed by atoms with Crippen LogP contribution in [-0.4, -0.2) is 5.91 Å². The van der Waals surface area contributed by atoms with Gasteiger partial charge in [0, 0.05) is 5.57 Å². The van der Waals surface area contributed by atoms with Crippen LogP contribution in [0.4, 0.5) is 0 Å². The summed E-state index contributed by atoms with van der Waals surface area (Å²) in [5, 5.41) is 0. The molecule has 66 valence electrons. The van der Waals surface area contributed by atoms with Gasteiger partial charge in [-0.2, -0.15) is 0 Å². The van der Waals surface area contributed by atoms with Crippen LogP contribution >= 0.6 is 0 Å². The van der Waals surface area contributed by atoms with Gasteiger partial charge in [0.15, 0.2) is 0 Å². The number of nitrogens with two attached hydrogens (primary N) is 1. The van der Waals surface area contributed by atoms with Gasteiger partial charge in [-0.25, -0.2) is 0 Å². The molecule has 0 aliphatic heterocycles. The second kappa shape index (κ2) is 4.54. The maximum Gasteiger partial charge on any atom is 0.248 e. The summed E-state index contributed by atoms with van der Waals surface area (Å²) in [6, 6.07) is 0. The van der Waals surface area contributed by atoms with Crippen LogP contribution in [-0.2, 0) is 4.79 Å². The monoisotopic (exact) mass is 165 g/mol. The Bertz CT molecular complexity index is 236. The zero-order valence-electron chi connectivity index (χ0n) is 7.63. The molecule has 1 amide bonds. The van der Waals surface area contributed by atoms with E-state index in [0.717, 1.165) is 5.57 Å². The summed E-state index contributed by atoms with van der Waals surface area (Å²) in [4.78, 5) is 10.9. The molecule has 2 heteroatoms. The van der Waals surface area contributed by atoms with E-state index in [9.17, 15) is 4.79 Å². The van der Waals surface area contributed by atoms with Crippen molar-refractivity contribution in [3.63, 3.8) is 0 Å². The van der Waals surface area contributed by atoms with Crippen LogP contribution in [0, 0.1) is 5.92 Å². The number of amides is 1. The number of primary amides is 1. The molecule has 2 N–H and O–H groups in total. The van der Waals surface area contributed by atoms with Gasteiger partial charge in [0.1, 0.15) is 0 Å². The summed E-state index contributed by atoms with van der Waals surface area (Å²) in [7, 11) is 0. The second-order valence-corrected chi connectivity index (χ2v) is 2.80. The average molecular weight is 165 g/mol. The minimum atomic E-state index is -0.450. The standard InChI is InChI=1S/C10H15NO/c1-5-8(7(3)4)9(6-2)10(11)12/h5-7H,1-2H2,3-4H3,(H2,11,12)/b9-8-. The maximum atomic E-state index is 10.9. The summed E-state index contributed by atoms with van der Waals surface area (Å²) in [6.07, 6.45) is 3.12. The lowest BCUT2D eigenvalue weighted by Gasteiger charge is -2.09. The van der Waals surface area contributed by atoms with Gasteiger partial charge < -0.3 is 5.73 Å². The number of hydrogen-bond donors (Lipinski definition) is 1. The van der Waals surface area contributed by atoms with E-state index in [1.807, 2.05) is 13.8 Å². The van der Waals surface area contributed by atoms with Gasteiger partial charge in [-0.3, -0.25) is 4.79 Å². The van der Waals surface area contributed by atoms with Crippen molar-refractivity contribution in [2.24, 2.45) is 11.7 Å². The van der Waals surface area contributed by atoms with Crippen LogP contribution in [0.1, 0.15) is 13.8 Å². The first-order valence-electron chi connectivity index (χ1n) is 3.83. The van der Waals surface area contributed by atoms with E-state index in [1.165, 1.54) is 6.08 Å². The molecule has 0 aliphatic carbocycles. The molecule has 0 aromatic carbocycles. The Morgan fingerprint density at radius 3 is 1.92 bits per heavy atom. The fraction of sp³-hybridized carbons (Fsp3) is 0.300. The fourth-order valence-corrected chi connectivity index (χ4v) is 1.02. The van der Waals surface area contributed by atoms with Gasteiger partial charge in [-0.05, 0) is 11.5 Å². The summed E-state index contributed by atoms with van der Waals surface area (Å²) >= 11 is 0. The van der Waals surface area contributed by atoms with Gasteiger partial charge in [0.2, 0.25) is 5.91 Å². The summed E-state index contributed by atoms with van der Waals surface area (Å²) in [5.74, 6) is -0.211. The highest BCUT2D eigenvalue weighted by Gasteiger charge is 2.08. The summed E-state index contributed by atoms with van der Waals surface area (Å²) in [6.45, 7) is 11.1. The Balaban J connectivity index is 5.14. The third kappa shape index (κ3) is 2.38. The first-order chi connectivity index (χ1) is 5.54. The number of carbonyl (C=O) groups excluding carboxylic acids is 1. The fourth-order valence-electron chi connectivity index (χ4n) is 1.02. The largest absolute Gasteiger partial charge is 0.366 e. The topological polar surface area (TPSA) is 43.1 Å². The van der Waals surface area contributed by atoms with Crippen molar-refractivity contribution in [3.8, 4) is 0 Å². The minimum absolute atomic E-state index is 0.239. The highest BCUT2D eigenvalue weighted by molar-refractivity contribution is 5.96. The Kier molecular flexibility index (Phi) is 4.05. The summed E-state index contributed by atoms with van der Waals surface area (Å²) < 4.78 is 0. The van der Waals surface area contributed by atoms with Crippen LogP contribution in [0.5, 0.6) is 0 Å². The lowest BCUT2D eigenvalue weighted by Crippen LogP contribution is -2.15. The van der Waals surface area contributed by atoms with Gasteiger partial charge >= 0.3 is 0 Å². The predicted molar refractivity (Wildman–Crippen MR) is 51.5 cm³/mol. The number of carbonyl (C=O) groups is 1. The van der Waals surface area contributed by atoms with Gasteiger partial charge in [0.25, 0.3) is 0 Å². The molecule has 0 heterocycles. The Morgan fingerprint density at radius 1 is 1.33 bits per heavy atom. The molecule has 0 radical (unpaired) electrons. The highest BCUT2D eigenvalue weighted by atomic mass is 16.1. The van der Waals surface area contributed by atoms with Crippen molar-refractivity contribution >= 4 is 5.91 Å². The Labute approximate surface area is 73.5 Å². The van der Waals surface area contributed by atoms with Crippen molar-refractivity contribution in [1.82, 2.24) is 0 Å². The molecule has 0 unspecified atom stereocenters. The Hall–Kier alpha value is -1.31. The van der Waals surface area contributed by atoms with Crippen molar-refractivity contribution in [3.05, 3.63) is 36.5 Å². The first-order valence-corrected chi connectivity index (χ1v) is 3.83. The minimum Gasteiger partial charge on any atom is -0.366 e. The van der Waals surface area contributed by atoms with E-state index in [1.54, 1.807) is 6.08 Å². The van der Waals surface area contributed by atoms with Crippen molar-refractivity contribution < 1.29 is 4.79 Å². The average Bonchev–Trinajstić information content (AvgIpc) is 1.98. The normalized spacial score (nSPS) is 12.2. The molecule has 0 rings (SSSR count). The molecule has 0 atom stereocenters. The summed E-state index contributed by atoms with van der Waals surface area (Å²) in [5.41, 5.74) is 6.45. The SMILES string of the molecule is C=C/C(C(N)=O)=C(\C=C)C(C)C. The molecule has 0 aromatic heterocycles. The van der Waals surface area contributed by atoms with E-state index in [2.05, 4.69) is 13.2 Å². The first kappa shape index (κ1) is 10.7. The molecule has 0 saturated heterocycles. The maximum absolute atomic E-state index is 10.9. The molecular weight excluding hydrogens is 150 g/mol. The molecule has 0 bridgehead atoms. The quantitative estimate of drug-likeness (QED) is 0.501. The molecule has 0 aromatic rings. The van der Waals surface area contributed by atoms with Crippen LogP contribution in [0.3, 0.4) is 0 Å². The second-order valence-electron chi connectivity index (χ2n) is 2.80.